The molecule has 0 aliphatic carbocycles. The van der Waals surface area contributed by atoms with Gasteiger partial charge in [-0.1, -0.05) is 62.4 Å². The maximum Gasteiger partial charge on any atom is 0.246 e. The summed E-state index contributed by atoms with van der Waals surface area (Å²) in [7, 11) is 7.07. The number of carbonyl (C=O) groups excluding carboxylic acids is 2. The number of hydrogen-bond donors (Lipinski definition) is 2. The van der Waals surface area contributed by atoms with Crippen LogP contribution in [0, 0.1) is 6.92 Å². The Kier molecular flexibility index (Phi) is 14.5. The maximum absolute atomic E-state index is 13.8. The standard InChI is InChI=1S/C27H34N4O4.C10H14O2.C2H6/c1-7-8-9-19-17(3)28-25-20(19)13-21-27(34)30(16(2)14-29(4)5)15-24(33)31(21)26(25)18-10-11-22(32)23(12-18)35-6;1-9-3-5-10(6-4-9)12-8-7-11-2;1-2/h7-12,16,21,26,28,32H,3,13-15H2,1-2,4-6H3;3-6H,7-8H2,1-2H3;1-2H3/b8-7-,19-9+;;. The van der Waals surface area contributed by atoms with E-state index in [0.29, 0.717) is 31.9 Å². The number of ether oxygens (including phenoxy) is 3. The number of nitrogens with zero attached hydrogens (tertiary/aromatic N) is 3. The molecular formula is C39H54N4O6. The molecule has 0 spiro atoms. The highest BCUT2D eigenvalue weighted by Gasteiger charge is 2.49. The number of carbonyl (C=O) groups is 2. The molecule has 266 valence electrons. The minimum atomic E-state index is -0.633. The van der Waals surface area contributed by atoms with Crippen molar-refractivity contribution < 1.29 is 28.9 Å². The smallest absolute Gasteiger partial charge is 0.246 e. The fourth-order valence-electron chi connectivity index (χ4n) is 6.18. The summed E-state index contributed by atoms with van der Waals surface area (Å²) in [4.78, 5) is 36.3. The molecule has 3 aromatic rings. The Balaban J connectivity index is 0.000000390. The van der Waals surface area contributed by atoms with Crippen molar-refractivity contribution in [3.63, 3.8) is 0 Å². The molecule has 10 nitrogen and oxygen atoms in total. The van der Waals surface area contributed by atoms with Crippen molar-refractivity contribution in [2.75, 3.05) is 54.6 Å². The number of phenolic OH excluding ortho intramolecular Hbond substituents is 1. The van der Waals surface area contributed by atoms with Crippen LogP contribution in [0.1, 0.15) is 56.1 Å². The van der Waals surface area contributed by atoms with Gasteiger partial charge in [0.15, 0.2) is 11.5 Å². The normalized spacial score (nSPS) is 18.0. The molecule has 1 saturated heterocycles. The Hall–Kier alpha value is -4.54. The fraction of sp³-hybridized carbons (Fsp3) is 0.436. The molecule has 2 N–H and O–H groups in total. The molecule has 3 atom stereocenters. The van der Waals surface area contributed by atoms with Crippen molar-refractivity contribution in [1.29, 1.82) is 0 Å². The molecule has 2 aliphatic heterocycles. The largest absolute Gasteiger partial charge is 0.504 e. The van der Waals surface area contributed by atoms with Gasteiger partial charge in [0.25, 0.3) is 0 Å². The van der Waals surface area contributed by atoms with Crippen LogP contribution in [0.4, 0.5) is 0 Å². The molecule has 2 amide bonds. The van der Waals surface area contributed by atoms with Crippen LogP contribution in [0.5, 0.6) is 17.2 Å². The summed E-state index contributed by atoms with van der Waals surface area (Å²) in [5.74, 6) is 1.06. The lowest BCUT2D eigenvalue weighted by atomic mass is 9.86. The summed E-state index contributed by atoms with van der Waals surface area (Å²) in [6.07, 6.45) is 6.29. The first-order valence-electron chi connectivity index (χ1n) is 16.8. The number of aromatic nitrogens is 1. The van der Waals surface area contributed by atoms with Gasteiger partial charge < -0.3 is 39.0 Å². The van der Waals surface area contributed by atoms with E-state index in [2.05, 4.69) is 18.5 Å². The maximum atomic E-state index is 13.8. The number of aryl methyl sites for hydroxylation is 1. The third-order valence-corrected chi connectivity index (χ3v) is 8.42. The molecule has 1 fully saturated rings. The average molecular weight is 675 g/mol. The van der Waals surface area contributed by atoms with Gasteiger partial charge in [0, 0.05) is 42.4 Å². The highest BCUT2D eigenvalue weighted by atomic mass is 16.5. The van der Waals surface area contributed by atoms with Crippen LogP contribution in [0.15, 0.2) is 54.6 Å². The summed E-state index contributed by atoms with van der Waals surface area (Å²) in [6.45, 7) is 16.1. The number of H-pyrrole nitrogens is 1. The Morgan fingerprint density at radius 3 is 2.41 bits per heavy atom. The zero-order valence-electron chi connectivity index (χ0n) is 30.6. The number of allylic oxidation sites excluding steroid dienone is 2. The van der Waals surface area contributed by atoms with Crippen molar-refractivity contribution in [3.8, 4) is 17.2 Å². The number of likely N-dealkylation sites (N-methyl/N-ethyl adjacent to an activating group) is 1. The van der Waals surface area contributed by atoms with Gasteiger partial charge in [-0.25, -0.2) is 0 Å². The number of benzene rings is 2. The monoisotopic (exact) mass is 674 g/mol. The second-order valence-electron chi connectivity index (χ2n) is 12.2. The second kappa shape index (κ2) is 18.3. The predicted octanol–water partition coefficient (Wildman–Crippen LogP) is 4.18. The Morgan fingerprint density at radius 1 is 1.10 bits per heavy atom. The Bertz CT molecular complexity index is 1680. The number of aromatic amines is 1. The molecule has 3 heterocycles. The molecule has 49 heavy (non-hydrogen) atoms. The quantitative estimate of drug-likeness (QED) is 0.311. The highest BCUT2D eigenvalue weighted by Crippen LogP contribution is 2.40. The van der Waals surface area contributed by atoms with E-state index < -0.39 is 12.1 Å². The van der Waals surface area contributed by atoms with Crippen LogP contribution in [0.2, 0.25) is 0 Å². The van der Waals surface area contributed by atoms with Crippen molar-refractivity contribution in [2.24, 2.45) is 0 Å². The van der Waals surface area contributed by atoms with Crippen LogP contribution >= 0.6 is 0 Å². The molecule has 2 aliphatic rings. The molecule has 10 heteroatoms. The van der Waals surface area contributed by atoms with E-state index in [-0.39, 0.29) is 30.2 Å². The zero-order valence-corrected chi connectivity index (χ0v) is 30.6. The van der Waals surface area contributed by atoms with Gasteiger partial charge in [0.05, 0.1) is 19.8 Å². The third-order valence-electron chi connectivity index (χ3n) is 8.42. The summed E-state index contributed by atoms with van der Waals surface area (Å²) in [6, 6.07) is 11.8. The van der Waals surface area contributed by atoms with Crippen LogP contribution in [-0.2, 0) is 20.7 Å². The number of phenols is 1. The summed E-state index contributed by atoms with van der Waals surface area (Å²) < 4.78 is 15.6. The van der Waals surface area contributed by atoms with E-state index in [0.717, 1.165) is 33.1 Å². The molecule has 1 aromatic heterocycles. The first-order chi connectivity index (χ1) is 23.5. The average Bonchev–Trinajstić information content (AvgIpc) is 3.40. The van der Waals surface area contributed by atoms with E-state index in [9.17, 15) is 14.7 Å². The Morgan fingerprint density at radius 2 is 1.80 bits per heavy atom. The van der Waals surface area contributed by atoms with Crippen LogP contribution < -0.4 is 20.0 Å². The van der Waals surface area contributed by atoms with E-state index in [4.69, 9.17) is 14.2 Å². The number of fused-ring (bicyclic) bond motifs is 2. The SMILES string of the molecule is C=c1[nH]c2c(/c1=C/C=C\C)CC1C(=O)N(C(C)CN(C)C)CC(=O)N1C2c1ccc(O)c(OC)c1.CC.COCCOc1ccc(C)cc1. The number of piperazine rings is 1. The summed E-state index contributed by atoms with van der Waals surface area (Å²) >= 11 is 0. The van der Waals surface area contributed by atoms with Crippen LogP contribution in [0.25, 0.3) is 12.7 Å². The zero-order chi connectivity index (χ0) is 36.2. The van der Waals surface area contributed by atoms with Gasteiger partial charge in [-0.3, -0.25) is 9.59 Å². The van der Waals surface area contributed by atoms with Gasteiger partial charge in [-0.15, -0.1) is 0 Å². The molecule has 0 saturated carbocycles. The molecule has 3 unspecified atom stereocenters. The summed E-state index contributed by atoms with van der Waals surface area (Å²) in [5.41, 5.74) is 3.81. The van der Waals surface area contributed by atoms with Gasteiger partial charge >= 0.3 is 0 Å². The van der Waals surface area contributed by atoms with Crippen molar-refractivity contribution in [1.82, 2.24) is 19.7 Å². The van der Waals surface area contributed by atoms with E-state index >= 15 is 0 Å². The molecule has 2 aromatic carbocycles. The predicted molar refractivity (Wildman–Crippen MR) is 195 cm³/mol. The van der Waals surface area contributed by atoms with Crippen molar-refractivity contribution >= 4 is 24.5 Å². The Labute approximate surface area is 291 Å². The van der Waals surface area contributed by atoms with Gasteiger partial charge in [-0.2, -0.15) is 0 Å². The molecule has 0 radical (unpaired) electrons. The molecule has 0 bridgehead atoms. The van der Waals surface area contributed by atoms with Crippen molar-refractivity contribution in [2.45, 2.75) is 59.2 Å². The lowest BCUT2D eigenvalue weighted by Gasteiger charge is -2.48. The first kappa shape index (κ1) is 38.9. The minimum Gasteiger partial charge on any atom is -0.504 e. The van der Waals surface area contributed by atoms with Crippen LogP contribution in [0.3, 0.4) is 0 Å². The van der Waals surface area contributed by atoms with Gasteiger partial charge in [0.1, 0.15) is 24.9 Å². The second-order valence-corrected chi connectivity index (χ2v) is 12.2. The van der Waals surface area contributed by atoms with E-state index in [1.165, 1.54) is 12.7 Å². The first-order valence-corrected chi connectivity index (χ1v) is 16.8. The third kappa shape index (κ3) is 9.33. The lowest BCUT2D eigenvalue weighted by Crippen LogP contribution is -2.65. The number of aromatic hydroxyl groups is 1. The topological polar surface area (TPSA) is 108 Å². The summed E-state index contributed by atoms with van der Waals surface area (Å²) in [5, 5.41) is 11.8. The van der Waals surface area contributed by atoms with Gasteiger partial charge in [0.2, 0.25) is 11.8 Å². The number of rotatable bonds is 10. The van der Waals surface area contributed by atoms with E-state index in [1.54, 1.807) is 35.1 Å². The molecular weight excluding hydrogens is 620 g/mol. The molecule has 5 rings (SSSR count). The van der Waals surface area contributed by atoms with Crippen LogP contribution in [-0.4, -0.2) is 103 Å². The number of hydrogen-bond acceptors (Lipinski definition) is 7. The number of amides is 2. The fourth-order valence-corrected chi connectivity index (χ4v) is 6.18. The van der Waals surface area contributed by atoms with Crippen molar-refractivity contribution in [3.05, 3.63) is 87.6 Å². The van der Waals surface area contributed by atoms with E-state index in [1.807, 2.05) is 89.2 Å². The minimum absolute atomic E-state index is 0.0139. The van der Waals surface area contributed by atoms with Gasteiger partial charge in [-0.05, 0) is 70.3 Å². The highest BCUT2D eigenvalue weighted by molar-refractivity contribution is 5.96. The number of methoxy groups -OCH3 is 2. The lowest BCUT2D eigenvalue weighted by molar-refractivity contribution is -0.160. The number of nitrogens with one attached hydrogen (secondary N) is 1.